The molecule has 0 heterocycles. The summed E-state index contributed by atoms with van der Waals surface area (Å²) in [5.74, 6) is 0. The van der Waals surface area contributed by atoms with Crippen LogP contribution in [0.3, 0.4) is 0 Å². The van der Waals surface area contributed by atoms with Gasteiger partial charge in [0.25, 0.3) is 0 Å². The SMILES string of the molecule is CO.Cc1ccc(N)c(C)c1. The fraction of sp³-hybridized carbons (Fsp3) is 0.333. The molecular weight excluding hydrogens is 138 g/mol. The Morgan fingerprint density at radius 3 is 2.09 bits per heavy atom. The number of rotatable bonds is 0. The summed E-state index contributed by atoms with van der Waals surface area (Å²) >= 11 is 0. The predicted molar refractivity (Wildman–Crippen MR) is 48.5 cm³/mol. The average molecular weight is 153 g/mol. The first-order chi connectivity index (χ1) is 5.20. The van der Waals surface area contributed by atoms with Crippen molar-refractivity contribution in [3.05, 3.63) is 29.3 Å². The molecule has 0 saturated carbocycles. The maximum Gasteiger partial charge on any atom is 0.0343 e. The van der Waals surface area contributed by atoms with E-state index >= 15 is 0 Å². The Morgan fingerprint density at radius 2 is 1.73 bits per heavy atom. The van der Waals surface area contributed by atoms with E-state index in [1.807, 2.05) is 19.1 Å². The fourth-order valence-electron chi connectivity index (χ4n) is 0.826. The second-order valence-corrected chi connectivity index (χ2v) is 2.36. The van der Waals surface area contributed by atoms with Crippen molar-refractivity contribution < 1.29 is 5.11 Å². The van der Waals surface area contributed by atoms with E-state index in [9.17, 15) is 0 Å². The number of nitrogen functional groups attached to an aromatic ring is 1. The lowest BCUT2D eigenvalue weighted by Crippen LogP contribution is -1.88. The van der Waals surface area contributed by atoms with Gasteiger partial charge in [0.1, 0.15) is 0 Å². The minimum Gasteiger partial charge on any atom is -0.400 e. The molecule has 0 spiro atoms. The Bertz CT molecular complexity index is 221. The van der Waals surface area contributed by atoms with Crippen molar-refractivity contribution in [1.82, 2.24) is 0 Å². The van der Waals surface area contributed by atoms with Gasteiger partial charge in [-0.3, -0.25) is 0 Å². The van der Waals surface area contributed by atoms with E-state index in [1.54, 1.807) is 0 Å². The van der Waals surface area contributed by atoms with Gasteiger partial charge >= 0.3 is 0 Å². The molecule has 11 heavy (non-hydrogen) atoms. The molecular formula is C9H15NO. The molecule has 2 heteroatoms. The number of aliphatic hydroxyl groups excluding tert-OH is 1. The summed E-state index contributed by atoms with van der Waals surface area (Å²) < 4.78 is 0. The van der Waals surface area contributed by atoms with E-state index < -0.39 is 0 Å². The van der Waals surface area contributed by atoms with Gasteiger partial charge in [-0.05, 0) is 25.5 Å². The molecule has 0 aromatic heterocycles. The van der Waals surface area contributed by atoms with E-state index in [1.165, 1.54) is 5.56 Å². The van der Waals surface area contributed by atoms with Crippen molar-refractivity contribution >= 4 is 5.69 Å². The average Bonchev–Trinajstić information content (AvgIpc) is 2.02. The number of hydrogen-bond donors (Lipinski definition) is 2. The third-order valence-electron chi connectivity index (χ3n) is 1.43. The summed E-state index contributed by atoms with van der Waals surface area (Å²) in [5.41, 5.74) is 8.89. The molecule has 1 rings (SSSR count). The highest BCUT2D eigenvalue weighted by Crippen LogP contribution is 2.10. The Balaban J connectivity index is 0.000000461. The molecule has 0 saturated heterocycles. The highest BCUT2D eigenvalue weighted by atomic mass is 16.2. The summed E-state index contributed by atoms with van der Waals surface area (Å²) in [6, 6.07) is 6.03. The highest BCUT2D eigenvalue weighted by molar-refractivity contribution is 5.47. The van der Waals surface area contributed by atoms with Crippen molar-refractivity contribution in [1.29, 1.82) is 0 Å². The van der Waals surface area contributed by atoms with Gasteiger partial charge in [0.05, 0.1) is 0 Å². The van der Waals surface area contributed by atoms with Gasteiger partial charge in [0.15, 0.2) is 0 Å². The van der Waals surface area contributed by atoms with Crippen molar-refractivity contribution in [3.8, 4) is 0 Å². The lowest BCUT2D eigenvalue weighted by atomic mass is 10.1. The third kappa shape index (κ3) is 3.05. The third-order valence-corrected chi connectivity index (χ3v) is 1.43. The second-order valence-electron chi connectivity index (χ2n) is 2.36. The van der Waals surface area contributed by atoms with Crippen LogP contribution in [-0.2, 0) is 0 Å². The largest absolute Gasteiger partial charge is 0.400 e. The second kappa shape index (κ2) is 4.74. The van der Waals surface area contributed by atoms with Crippen LogP contribution in [0.4, 0.5) is 5.69 Å². The predicted octanol–water partition coefficient (Wildman–Crippen LogP) is 1.49. The van der Waals surface area contributed by atoms with Gasteiger partial charge in [-0.1, -0.05) is 17.7 Å². The number of benzene rings is 1. The maximum atomic E-state index is 7.00. The monoisotopic (exact) mass is 153 g/mol. The minimum absolute atomic E-state index is 0.876. The van der Waals surface area contributed by atoms with E-state index in [2.05, 4.69) is 13.0 Å². The van der Waals surface area contributed by atoms with Gasteiger partial charge in [0, 0.05) is 12.8 Å². The van der Waals surface area contributed by atoms with Crippen molar-refractivity contribution in [2.45, 2.75) is 13.8 Å². The van der Waals surface area contributed by atoms with Crippen LogP contribution in [-0.4, -0.2) is 12.2 Å². The molecule has 3 N–H and O–H groups in total. The smallest absolute Gasteiger partial charge is 0.0343 e. The molecule has 62 valence electrons. The quantitative estimate of drug-likeness (QED) is 0.555. The Hall–Kier alpha value is -1.02. The van der Waals surface area contributed by atoms with Gasteiger partial charge in [-0.2, -0.15) is 0 Å². The molecule has 0 atom stereocenters. The number of aryl methyl sites for hydroxylation is 2. The lowest BCUT2D eigenvalue weighted by molar-refractivity contribution is 0.399. The van der Waals surface area contributed by atoms with Crippen LogP contribution in [0.15, 0.2) is 18.2 Å². The van der Waals surface area contributed by atoms with E-state index in [-0.39, 0.29) is 0 Å². The van der Waals surface area contributed by atoms with E-state index in [0.717, 1.165) is 18.4 Å². The van der Waals surface area contributed by atoms with Gasteiger partial charge in [-0.15, -0.1) is 0 Å². The zero-order valence-corrected chi connectivity index (χ0v) is 7.26. The molecule has 1 aromatic carbocycles. The number of hydrogen-bond acceptors (Lipinski definition) is 2. The lowest BCUT2D eigenvalue weighted by Gasteiger charge is -1.98. The first-order valence-electron chi connectivity index (χ1n) is 3.47. The Kier molecular flexibility index (Phi) is 4.30. The summed E-state index contributed by atoms with van der Waals surface area (Å²) in [5, 5.41) is 7.00. The van der Waals surface area contributed by atoms with Gasteiger partial charge in [-0.25, -0.2) is 0 Å². The molecule has 0 unspecified atom stereocenters. The van der Waals surface area contributed by atoms with Crippen molar-refractivity contribution in [3.63, 3.8) is 0 Å². The van der Waals surface area contributed by atoms with Crippen LogP contribution in [0.5, 0.6) is 0 Å². The van der Waals surface area contributed by atoms with Crippen LogP contribution in [0.2, 0.25) is 0 Å². The van der Waals surface area contributed by atoms with E-state index in [0.29, 0.717) is 0 Å². The molecule has 0 fully saturated rings. The molecule has 0 aliphatic heterocycles. The minimum atomic E-state index is 0.876. The highest BCUT2D eigenvalue weighted by Gasteiger charge is 1.89. The van der Waals surface area contributed by atoms with Crippen molar-refractivity contribution in [2.75, 3.05) is 12.8 Å². The maximum absolute atomic E-state index is 7.00. The van der Waals surface area contributed by atoms with E-state index in [4.69, 9.17) is 10.8 Å². The molecule has 0 bridgehead atoms. The summed E-state index contributed by atoms with van der Waals surface area (Å²) in [6.07, 6.45) is 0. The summed E-state index contributed by atoms with van der Waals surface area (Å²) in [6.45, 7) is 4.08. The van der Waals surface area contributed by atoms with Crippen molar-refractivity contribution in [2.24, 2.45) is 0 Å². The normalized spacial score (nSPS) is 8.36. The zero-order valence-electron chi connectivity index (χ0n) is 7.26. The molecule has 0 aliphatic carbocycles. The van der Waals surface area contributed by atoms with Crippen LogP contribution < -0.4 is 5.73 Å². The molecule has 0 aliphatic rings. The van der Waals surface area contributed by atoms with Crippen LogP contribution in [0, 0.1) is 13.8 Å². The number of aliphatic hydroxyl groups is 1. The molecule has 1 aromatic rings. The van der Waals surface area contributed by atoms with Crippen LogP contribution in [0.1, 0.15) is 11.1 Å². The van der Waals surface area contributed by atoms with Gasteiger partial charge in [0.2, 0.25) is 0 Å². The fourth-order valence-corrected chi connectivity index (χ4v) is 0.826. The van der Waals surface area contributed by atoms with Crippen LogP contribution >= 0.6 is 0 Å². The first kappa shape index (κ1) is 9.98. The van der Waals surface area contributed by atoms with Crippen LogP contribution in [0.25, 0.3) is 0 Å². The first-order valence-corrected chi connectivity index (χ1v) is 3.47. The Labute approximate surface area is 67.7 Å². The topological polar surface area (TPSA) is 46.2 Å². The molecule has 2 nitrogen and oxygen atoms in total. The number of anilines is 1. The standard InChI is InChI=1S/C8H11N.CH4O/c1-6-3-4-8(9)7(2)5-6;1-2/h3-5H,9H2,1-2H3;2H,1H3. The zero-order chi connectivity index (χ0) is 8.85. The molecule has 0 radical (unpaired) electrons. The molecule has 0 amide bonds. The summed E-state index contributed by atoms with van der Waals surface area (Å²) in [4.78, 5) is 0. The van der Waals surface area contributed by atoms with Gasteiger partial charge < -0.3 is 10.8 Å². The Morgan fingerprint density at radius 1 is 1.18 bits per heavy atom. The summed E-state index contributed by atoms with van der Waals surface area (Å²) in [7, 11) is 1.00. The number of nitrogens with two attached hydrogens (primary N) is 1.